The van der Waals surface area contributed by atoms with Gasteiger partial charge in [0, 0.05) is 12.6 Å². The van der Waals surface area contributed by atoms with Crippen molar-refractivity contribution in [3.8, 4) is 0 Å². The third-order valence-corrected chi connectivity index (χ3v) is 5.30. The second-order valence-electron chi connectivity index (χ2n) is 5.41. The number of thioether (sulfide) groups is 1. The summed E-state index contributed by atoms with van der Waals surface area (Å²) in [6.45, 7) is 3.88. The van der Waals surface area contributed by atoms with Crippen LogP contribution in [0.2, 0.25) is 0 Å². The standard InChI is InChI=1S/C14H15N5O2S2/c1-7-3-10-9(11(20)4-7)5-15-13(16-10)17-12(21)6-22-14-19-18-8(2)23-14/h5,7H,3-4,6H2,1-2H3,(H,15,16,17,21). The summed E-state index contributed by atoms with van der Waals surface area (Å²) in [7, 11) is 0. The summed E-state index contributed by atoms with van der Waals surface area (Å²) in [6, 6.07) is 0. The van der Waals surface area contributed by atoms with Gasteiger partial charge in [-0.05, 0) is 19.3 Å². The Hall–Kier alpha value is -1.87. The number of nitrogens with zero attached hydrogens (tertiary/aromatic N) is 4. The molecule has 0 saturated heterocycles. The molecule has 2 aromatic heterocycles. The lowest BCUT2D eigenvalue weighted by Crippen LogP contribution is -2.22. The van der Waals surface area contributed by atoms with Crippen LogP contribution in [0.15, 0.2) is 10.5 Å². The molecule has 1 aliphatic carbocycles. The monoisotopic (exact) mass is 349 g/mol. The summed E-state index contributed by atoms with van der Waals surface area (Å²) in [6.07, 6.45) is 2.76. The third kappa shape index (κ3) is 3.91. The predicted octanol–water partition coefficient (Wildman–Crippen LogP) is 2.13. The second kappa shape index (κ2) is 6.71. The van der Waals surface area contributed by atoms with Crippen LogP contribution in [0.4, 0.5) is 5.95 Å². The van der Waals surface area contributed by atoms with Crippen molar-refractivity contribution in [2.45, 2.75) is 31.0 Å². The smallest absolute Gasteiger partial charge is 0.237 e. The fourth-order valence-corrected chi connectivity index (χ4v) is 3.93. The van der Waals surface area contributed by atoms with Crippen molar-refractivity contribution in [1.82, 2.24) is 20.2 Å². The number of carbonyl (C=O) groups excluding carboxylic acids is 2. The molecule has 0 spiro atoms. The van der Waals surface area contributed by atoms with E-state index < -0.39 is 0 Å². The fourth-order valence-electron chi connectivity index (χ4n) is 2.32. The number of hydrogen-bond acceptors (Lipinski definition) is 8. The van der Waals surface area contributed by atoms with Crippen molar-refractivity contribution < 1.29 is 9.59 Å². The first-order valence-corrected chi connectivity index (χ1v) is 8.93. The summed E-state index contributed by atoms with van der Waals surface area (Å²) >= 11 is 2.77. The molecule has 0 bridgehead atoms. The summed E-state index contributed by atoms with van der Waals surface area (Å²) in [5.74, 6) is 0.580. The predicted molar refractivity (Wildman–Crippen MR) is 87.8 cm³/mol. The molecule has 1 aliphatic rings. The molecule has 23 heavy (non-hydrogen) atoms. The van der Waals surface area contributed by atoms with Crippen LogP contribution in [0.1, 0.15) is 34.4 Å². The minimum Gasteiger partial charge on any atom is -0.294 e. The first kappa shape index (κ1) is 16.0. The molecule has 1 N–H and O–H groups in total. The van der Waals surface area contributed by atoms with E-state index in [1.807, 2.05) is 13.8 Å². The Morgan fingerprint density at radius 2 is 2.26 bits per heavy atom. The molecule has 1 unspecified atom stereocenters. The lowest BCUT2D eigenvalue weighted by molar-refractivity contribution is -0.113. The molecule has 2 heterocycles. The number of anilines is 1. The van der Waals surface area contributed by atoms with E-state index in [1.54, 1.807) is 0 Å². The Balaban J connectivity index is 1.62. The number of ketones is 1. The Kier molecular flexibility index (Phi) is 4.67. The van der Waals surface area contributed by atoms with E-state index in [9.17, 15) is 9.59 Å². The van der Waals surface area contributed by atoms with Crippen LogP contribution in [0.5, 0.6) is 0 Å². The first-order chi connectivity index (χ1) is 11.0. The number of rotatable bonds is 4. The highest BCUT2D eigenvalue weighted by Gasteiger charge is 2.24. The number of aromatic nitrogens is 4. The van der Waals surface area contributed by atoms with Gasteiger partial charge >= 0.3 is 0 Å². The average molecular weight is 349 g/mol. The molecular formula is C14H15N5O2S2. The summed E-state index contributed by atoms with van der Waals surface area (Å²) in [5.41, 5.74) is 1.28. The molecule has 7 nitrogen and oxygen atoms in total. The number of hydrogen-bond donors (Lipinski definition) is 1. The maximum atomic E-state index is 12.0. The van der Waals surface area contributed by atoms with Gasteiger partial charge in [0.05, 0.1) is 17.0 Å². The molecule has 0 saturated carbocycles. The van der Waals surface area contributed by atoms with E-state index in [2.05, 4.69) is 25.5 Å². The molecule has 0 radical (unpaired) electrons. The van der Waals surface area contributed by atoms with E-state index >= 15 is 0 Å². The SMILES string of the molecule is Cc1nnc(SCC(=O)Nc2ncc3c(n2)CC(C)CC3=O)s1. The lowest BCUT2D eigenvalue weighted by Gasteiger charge is -2.19. The molecule has 0 aromatic carbocycles. The van der Waals surface area contributed by atoms with Crippen LogP contribution in [-0.2, 0) is 11.2 Å². The molecular weight excluding hydrogens is 334 g/mol. The third-order valence-electron chi connectivity index (χ3n) is 3.33. The van der Waals surface area contributed by atoms with Crippen LogP contribution in [-0.4, -0.2) is 37.6 Å². The van der Waals surface area contributed by atoms with Crippen molar-refractivity contribution >= 4 is 40.7 Å². The van der Waals surface area contributed by atoms with Crippen LogP contribution in [0.3, 0.4) is 0 Å². The zero-order chi connectivity index (χ0) is 16.4. The van der Waals surface area contributed by atoms with E-state index in [1.165, 1.54) is 29.3 Å². The molecule has 1 amide bonds. The molecule has 9 heteroatoms. The van der Waals surface area contributed by atoms with Gasteiger partial charge in [-0.15, -0.1) is 10.2 Å². The fraction of sp³-hybridized carbons (Fsp3) is 0.429. The molecule has 0 fully saturated rings. The highest BCUT2D eigenvalue weighted by molar-refractivity contribution is 8.01. The van der Waals surface area contributed by atoms with Gasteiger partial charge in [-0.1, -0.05) is 30.0 Å². The maximum absolute atomic E-state index is 12.0. The zero-order valence-corrected chi connectivity index (χ0v) is 14.3. The Bertz CT molecular complexity index is 761. The average Bonchev–Trinajstić information content (AvgIpc) is 2.90. The summed E-state index contributed by atoms with van der Waals surface area (Å²) in [4.78, 5) is 32.3. The van der Waals surface area contributed by atoms with Gasteiger partial charge < -0.3 is 0 Å². The van der Waals surface area contributed by atoms with E-state index in [0.717, 1.165) is 15.8 Å². The van der Waals surface area contributed by atoms with Crippen LogP contribution < -0.4 is 5.32 Å². The van der Waals surface area contributed by atoms with Crippen molar-refractivity contribution in [2.75, 3.05) is 11.1 Å². The van der Waals surface area contributed by atoms with Gasteiger partial charge in [0.15, 0.2) is 10.1 Å². The van der Waals surface area contributed by atoms with Crippen molar-refractivity contribution in [3.63, 3.8) is 0 Å². The molecule has 120 valence electrons. The van der Waals surface area contributed by atoms with Gasteiger partial charge in [0.25, 0.3) is 0 Å². The number of Topliss-reactive ketones (excluding diaryl/α,β-unsaturated/α-hetero) is 1. The van der Waals surface area contributed by atoms with Crippen LogP contribution in [0.25, 0.3) is 0 Å². The lowest BCUT2D eigenvalue weighted by atomic mass is 9.88. The van der Waals surface area contributed by atoms with Gasteiger partial charge in [0.2, 0.25) is 11.9 Å². The normalized spacial score (nSPS) is 17.0. The highest BCUT2D eigenvalue weighted by atomic mass is 32.2. The van der Waals surface area contributed by atoms with E-state index in [4.69, 9.17) is 0 Å². The highest BCUT2D eigenvalue weighted by Crippen LogP contribution is 2.24. The van der Waals surface area contributed by atoms with Crippen molar-refractivity contribution in [2.24, 2.45) is 5.92 Å². The largest absolute Gasteiger partial charge is 0.294 e. The van der Waals surface area contributed by atoms with Gasteiger partial charge in [-0.25, -0.2) is 9.97 Å². The number of aryl methyl sites for hydroxylation is 1. The van der Waals surface area contributed by atoms with E-state index in [-0.39, 0.29) is 29.3 Å². The number of amides is 1. The Morgan fingerprint density at radius 1 is 1.43 bits per heavy atom. The van der Waals surface area contributed by atoms with E-state index in [0.29, 0.717) is 17.7 Å². The van der Waals surface area contributed by atoms with Gasteiger partial charge in [-0.3, -0.25) is 14.9 Å². The first-order valence-electron chi connectivity index (χ1n) is 7.13. The molecule has 3 rings (SSSR count). The van der Waals surface area contributed by atoms with Crippen LogP contribution >= 0.6 is 23.1 Å². The number of carbonyl (C=O) groups is 2. The van der Waals surface area contributed by atoms with Gasteiger partial charge in [0.1, 0.15) is 5.01 Å². The van der Waals surface area contributed by atoms with Crippen molar-refractivity contribution in [3.05, 3.63) is 22.5 Å². The Morgan fingerprint density at radius 3 is 3.00 bits per heavy atom. The minimum atomic E-state index is -0.210. The maximum Gasteiger partial charge on any atom is 0.237 e. The molecule has 2 aromatic rings. The molecule has 1 atom stereocenters. The quantitative estimate of drug-likeness (QED) is 0.844. The summed E-state index contributed by atoms with van der Waals surface area (Å²) in [5, 5.41) is 11.4. The minimum absolute atomic E-state index is 0.0684. The molecule has 0 aliphatic heterocycles. The number of fused-ring (bicyclic) bond motifs is 1. The Labute approximate surface area is 141 Å². The van der Waals surface area contributed by atoms with Crippen LogP contribution in [0, 0.1) is 12.8 Å². The number of nitrogens with one attached hydrogen (secondary N) is 1. The second-order valence-corrected chi connectivity index (χ2v) is 7.82. The summed E-state index contributed by atoms with van der Waals surface area (Å²) < 4.78 is 0.753. The van der Waals surface area contributed by atoms with Crippen molar-refractivity contribution in [1.29, 1.82) is 0 Å². The van der Waals surface area contributed by atoms with Gasteiger partial charge in [-0.2, -0.15) is 0 Å². The topological polar surface area (TPSA) is 97.7 Å². The zero-order valence-electron chi connectivity index (χ0n) is 12.7.